The van der Waals surface area contributed by atoms with Crippen molar-refractivity contribution in [2.24, 2.45) is 5.92 Å². The van der Waals surface area contributed by atoms with Crippen molar-refractivity contribution < 1.29 is 23.7 Å². The average Bonchev–Trinajstić information content (AvgIpc) is 2.78. The maximum absolute atomic E-state index is 8.99. The van der Waals surface area contributed by atoms with Gasteiger partial charge in [0.2, 0.25) is 0 Å². The number of ether oxygens (including phenoxy) is 5. The van der Waals surface area contributed by atoms with Crippen LogP contribution in [-0.2, 0) is 18.9 Å². The molecule has 1 aromatic rings. The van der Waals surface area contributed by atoms with Gasteiger partial charge in [0.25, 0.3) is 0 Å². The first-order valence-electron chi connectivity index (χ1n) is 11.2. The molecule has 8 nitrogen and oxygen atoms in total. The van der Waals surface area contributed by atoms with Crippen LogP contribution in [0.1, 0.15) is 20.3 Å². The van der Waals surface area contributed by atoms with Crippen LogP contribution in [0.5, 0.6) is 5.75 Å². The Morgan fingerprint density at radius 2 is 1.75 bits per heavy atom. The van der Waals surface area contributed by atoms with Crippen molar-refractivity contribution in [2.45, 2.75) is 25.7 Å². The van der Waals surface area contributed by atoms with Crippen LogP contribution in [0, 0.1) is 16.6 Å². The van der Waals surface area contributed by atoms with E-state index in [-0.39, 0.29) is 12.0 Å². The van der Waals surface area contributed by atoms with Gasteiger partial charge >= 0.3 is 0 Å². The molecular formula is C23H39N3O5S. The molecule has 1 unspecified atom stereocenters. The summed E-state index contributed by atoms with van der Waals surface area (Å²) < 4.78 is 28.0. The second kappa shape index (κ2) is 20.1. The molecule has 0 aliphatic carbocycles. The summed E-state index contributed by atoms with van der Waals surface area (Å²) >= 11 is 1.05. The fourth-order valence-corrected chi connectivity index (χ4v) is 2.91. The highest BCUT2D eigenvalue weighted by molar-refractivity contribution is 8.04. The summed E-state index contributed by atoms with van der Waals surface area (Å²) in [6.07, 6.45) is 0.898. The summed E-state index contributed by atoms with van der Waals surface area (Å²) in [6, 6.07) is 7.76. The molecule has 1 aromatic carbocycles. The SMILES string of the molecule is CNCCOCCOCCCNc1cccc(OCC(OCCOCC(C)C)SC#N)c1. The van der Waals surface area contributed by atoms with E-state index in [1.807, 2.05) is 31.3 Å². The van der Waals surface area contributed by atoms with Crippen LogP contribution in [0.4, 0.5) is 5.69 Å². The van der Waals surface area contributed by atoms with E-state index in [1.165, 1.54) is 0 Å². The Morgan fingerprint density at radius 3 is 2.50 bits per heavy atom. The van der Waals surface area contributed by atoms with Gasteiger partial charge in [-0.05, 0) is 43.3 Å². The van der Waals surface area contributed by atoms with E-state index in [0.717, 1.165) is 42.7 Å². The van der Waals surface area contributed by atoms with Crippen LogP contribution in [0.3, 0.4) is 0 Å². The average molecular weight is 470 g/mol. The molecule has 0 bridgehead atoms. The quantitative estimate of drug-likeness (QED) is 0.160. The second-order valence-electron chi connectivity index (χ2n) is 7.43. The minimum absolute atomic E-state index is 0.288. The molecule has 182 valence electrons. The van der Waals surface area contributed by atoms with Crippen LogP contribution in [-0.4, -0.2) is 78.4 Å². The Kier molecular flexibility index (Phi) is 17.9. The zero-order valence-corrected chi connectivity index (χ0v) is 20.5. The van der Waals surface area contributed by atoms with E-state index in [1.54, 1.807) is 0 Å². The predicted octanol–water partition coefficient (Wildman–Crippen LogP) is 3.35. The Bertz CT molecular complexity index is 616. The topological polar surface area (TPSA) is 94.0 Å². The van der Waals surface area contributed by atoms with E-state index in [2.05, 4.69) is 29.9 Å². The van der Waals surface area contributed by atoms with Crippen molar-refractivity contribution >= 4 is 17.4 Å². The van der Waals surface area contributed by atoms with Crippen LogP contribution in [0.15, 0.2) is 24.3 Å². The highest BCUT2D eigenvalue weighted by atomic mass is 32.2. The monoisotopic (exact) mass is 469 g/mol. The fourth-order valence-electron chi connectivity index (χ4n) is 2.50. The van der Waals surface area contributed by atoms with Gasteiger partial charge < -0.3 is 34.3 Å². The number of nitriles is 1. The van der Waals surface area contributed by atoms with Crippen molar-refractivity contribution in [1.82, 2.24) is 5.32 Å². The number of nitrogens with one attached hydrogen (secondary N) is 2. The molecule has 1 rings (SSSR count). The number of benzene rings is 1. The summed E-state index contributed by atoms with van der Waals surface area (Å²) in [5, 5.41) is 17.5. The van der Waals surface area contributed by atoms with Gasteiger partial charge in [-0.15, -0.1) is 0 Å². The van der Waals surface area contributed by atoms with Gasteiger partial charge in [0, 0.05) is 38.1 Å². The van der Waals surface area contributed by atoms with Crippen molar-refractivity contribution in [1.29, 1.82) is 5.26 Å². The number of rotatable bonds is 21. The smallest absolute Gasteiger partial charge is 0.151 e. The van der Waals surface area contributed by atoms with Gasteiger partial charge in [0.15, 0.2) is 5.44 Å². The van der Waals surface area contributed by atoms with Crippen LogP contribution >= 0.6 is 11.8 Å². The summed E-state index contributed by atoms with van der Waals surface area (Å²) in [5.74, 6) is 1.22. The predicted molar refractivity (Wildman–Crippen MR) is 129 cm³/mol. The Hall–Kier alpha value is -1.54. The van der Waals surface area contributed by atoms with E-state index in [4.69, 9.17) is 28.9 Å². The molecule has 0 heterocycles. The van der Waals surface area contributed by atoms with Crippen LogP contribution in [0.25, 0.3) is 0 Å². The summed E-state index contributed by atoms with van der Waals surface area (Å²) in [5.41, 5.74) is 0.615. The number of anilines is 1. The highest BCUT2D eigenvalue weighted by Gasteiger charge is 2.11. The van der Waals surface area contributed by atoms with Gasteiger partial charge in [-0.2, -0.15) is 5.26 Å². The van der Waals surface area contributed by atoms with Crippen molar-refractivity contribution in [2.75, 3.05) is 78.3 Å². The number of nitrogens with zero attached hydrogens (tertiary/aromatic N) is 1. The molecule has 0 radical (unpaired) electrons. The molecule has 0 saturated carbocycles. The minimum Gasteiger partial charge on any atom is -0.490 e. The van der Waals surface area contributed by atoms with Crippen molar-refractivity contribution in [3.05, 3.63) is 24.3 Å². The lowest BCUT2D eigenvalue weighted by molar-refractivity contribution is 0.0163. The zero-order chi connectivity index (χ0) is 23.3. The maximum Gasteiger partial charge on any atom is 0.151 e. The van der Waals surface area contributed by atoms with Crippen molar-refractivity contribution in [3.63, 3.8) is 0 Å². The number of thioether (sulfide) groups is 1. The molecular weight excluding hydrogens is 430 g/mol. The molecule has 32 heavy (non-hydrogen) atoms. The standard InChI is InChI=1S/C23H39N3O5S/c1-20(2)17-29-14-15-30-23(32-19-24)18-31-22-7-4-6-21(16-22)26-8-5-10-27-12-13-28-11-9-25-3/h4,6-7,16,20,23,25-26H,5,8-15,17-18H2,1-3H3. The second-order valence-corrected chi connectivity index (χ2v) is 8.37. The molecule has 0 aromatic heterocycles. The lowest BCUT2D eigenvalue weighted by atomic mass is 10.2. The Morgan fingerprint density at radius 1 is 0.969 bits per heavy atom. The minimum atomic E-state index is -0.362. The first-order chi connectivity index (χ1) is 15.7. The van der Waals surface area contributed by atoms with Gasteiger partial charge in [0.1, 0.15) is 17.8 Å². The molecule has 1 atom stereocenters. The third-order valence-corrected chi connectivity index (χ3v) is 4.69. The first kappa shape index (κ1) is 28.5. The lowest BCUT2D eigenvalue weighted by Crippen LogP contribution is -2.20. The number of hydrogen-bond donors (Lipinski definition) is 2. The highest BCUT2D eigenvalue weighted by Crippen LogP contribution is 2.19. The van der Waals surface area contributed by atoms with Gasteiger partial charge in [-0.25, -0.2) is 0 Å². The summed E-state index contributed by atoms with van der Waals surface area (Å²) in [7, 11) is 1.90. The largest absolute Gasteiger partial charge is 0.490 e. The van der Waals surface area contributed by atoms with Gasteiger partial charge in [0.05, 0.1) is 33.0 Å². The molecule has 0 amide bonds. The third-order valence-electron chi connectivity index (χ3n) is 4.05. The molecule has 0 aliphatic rings. The van der Waals surface area contributed by atoms with Gasteiger partial charge in [-0.1, -0.05) is 19.9 Å². The van der Waals surface area contributed by atoms with Crippen LogP contribution in [0.2, 0.25) is 0 Å². The number of hydrogen-bond acceptors (Lipinski definition) is 9. The molecule has 0 spiro atoms. The molecule has 9 heteroatoms. The Balaban J connectivity index is 2.20. The normalized spacial score (nSPS) is 12.0. The van der Waals surface area contributed by atoms with E-state index < -0.39 is 0 Å². The maximum atomic E-state index is 8.99. The number of thiocyanates is 1. The number of likely N-dealkylation sites (N-methyl/N-ethyl adjacent to an activating group) is 1. The molecule has 0 saturated heterocycles. The van der Waals surface area contributed by atoms with E-state index >= 15 is 0 Å². The van der Waals surface area contributed by atoms with E-state index in [0.29, 0.717) is 52.2 Å². The van der Waals surface area contributed by atoms with Crippen molar-refractivity contribution in [3.8, 4) is 11.2 Å². The van der Waals surface area contributed by atoms with E-state index in [9.17, 15) is 0 Å². The van der Waals surface area contributed by atoms with Crippen LogP contribution < -0.4 is 15.4 Å². The molecule has 0 fully saturated rings. The summed E-state index contributed by atoms with van der Waals surface area (Å²) in [6.45, 7) is 10.4. The summed E-state index contributed by atoms with van der Waals surface area (Å²) in [4.78, 5) is 0. The molecule has 2 N–H and O–H groups in total. The fraction of sp³-hybridized carbons (Fsp3) is 0.696. The zero-order valence-electron chi connectivity index (χ0n) is 19.6. The Labute approximate surface area is 197 Å². The molecule has 0 aliphatic heterocycles. The third kappa shape index (κ3) is 16.1. The lowest BCUT2D eigenvalue weighted by Gasteiger charge is -2.16. The van der Waals surface area contributed by atoms with Gasteiger partial charge in [-0.3, -0.25) is 0 Å². The first-order valence-corrected chi connectivity index (χ1v) is 12.0.